The van der Waals surface area contributed by atoms with Crippen LogP contribution >= 0.6 is 0 Å². The van der Waals surface area contributed by atoms with Crippen molar-refractivity contribution in [3.8, 4) is 0 Å². The van der Waals surface area contributed by atoms with E-state index < -0.39 is 0 Å². The normalized spacial score (nSPS) is 10.8. The molecule has 1 amide bonds. The first-order chi connectivity index (χ1) is 7.69. The topological polar surface area (TPSA) is 54.3 Å². The van der Waals surface area contributed by atoms with E-state index >= 15 is 0 Å². The third-order valence-corrected chi connectivity index (χ3v) is 2.67. The second-order valence-corrected chi connectivity index (χ2v) is 3.93. The molecule has 0 aliphatic rings. The smallest absolute Gasteiger partial charge is 0.240 e. The van der Waals surface area contributed by atoms with Gasteiger partial charge in [0, 0.05) is 18.4 Å². The molecule has 0 aliphatic heterocycles. The zero-order valence-electron chi connectivity index (χ0n) is 9.94. The van der Waals surface area contributed by atoms with Crippen molar-refractivity contribution in [2.24, 2.45) is 0 Å². The summed E-state index contributed by atoms with van der Waals surface area (Å²) in [7, 11) is 0. The minimum absolute atomic E-state index is 0.0150. The fraction of sp³-hybridized carbons (Fsp3) is 0.583. The van der Waals surface area contributed by atoms with Gasteiger partial charge in [-0.05, 0) is 24.5 Å². The molecule has 4 nitrogen and oxygen atoms in total. The standard InChI is InChI=1S/C12H20N2O2/c1-3-11(4-2)13-12(16)8-14-6-5-10(7-14)9-15/h5-7,11,15H,3-4,8-9H2,1-2H3,(H,13,16). The average molecular weight is 224 g/mol. The van der Waals surface area contributed by atoms with Gasteiger partial charge in [0.15, 0.2) is 0 Å². The van der Waals surface area contributed by atoms with Crippen molar-refractivity contribution in [1.82, 2.24) is 9.88 Å². The molecular weight excluding hydrogens is 204 g/mol. The fourth-order valence-electron chi connectivity index (χ4n) is 1.61. The molecule has 0 spiro atoms. The third-order valence-electron chi connectivity index (χ3n) is 2.67. The van der Waals surface area contributed by atoms with Gasteiger partial charge in [0.25, 0.3) is 0 Å². The van der Waals surface area contributed by atoms with Gasteiger partial charge in [-0.15, -0.1) is 0 Å². The van der Waals surface area contributed by atoms with E-state index in [1.165, 1.54) is 0 Å². The summed E-state index contributed by atoms with van der Waals surface area (Å²) in [6, 6.07) is 2.07. The molecule has 0 unspecified atom stereocenters. The highest BCUT2D eigenvalue weighted by molar-refractivity contribution is 5.76. The number of aliphatic hydroxyl groups is 1. The van der Waals surface area contributed by atoms with Gasteiger partial charge in [0.1, 0.15) is 6.54 Å². The van der Waals surface area contributed by atoms with Crippen LogP contribution in [0, 0.1) is 0 Å². The molecule has 90 valence electrons. The summed E-state index contributed by atoms with van der Waals surface area (Å²) in [5.41, 5.74) is 0.829. The van der Waals surface area contributed by atoms with E-state index in [1.54, 1.807) is 17.0 Å². The number of carbonyl (C=O) groups excluding carboxylic acids is 1. The van der Waals surface area contributed by atoms with Crippen LogP contribution in [0.2, 0.25) is 0 Å². The lowest BCUT2D eigenvalue weighted by atomic mass is 10.2. The Bertz CT molecular complexity index is 330. The van der Waals surface area contributed by atoms with E-state index in [-0.39, 0.29) is 18.6 Å². The van der Waals surface area contributed by atoms with Crippen LogP contribution in [0.5, 0.6) is 0 Å². The lowest BCUT2D eigenvalue weighted by Crippen LogP contribution is -2.35. The Morgan fingerprint density at radius 1 is 1.50 bits per heavy atom. The summed E-state index contributed by atoms with van der Waals surface area (Å²) in [6.07, 6.45) is 5.50. The van der Waals surface area contributed by atoms with Crippen LogP contribution in [0.3, 0.4) is 0 Å². The van der Waals surface area contributed by atoms with Gasteiger partial charge in [0.2, 0.25) is 5.91 Å². The summed E-state index contributed by atoms with van der Waals surface area (Å²) >= 11 is 0. The number of nitrogens with zero attached hydrogens (tertiary/aromatic N) is 1. The van der Waals surface area contributed by atoms with Gasteiger partial charge < -0.3 is 15.0 Å². The fourth-order valence-corrected chi connectivity index (χ4v) is 1.61. The Balaban J connectivity index is 2.44. The number of aromatic nitrogens is 1. The minimum Gasteiger partial charge on any atom is -0.392 e. The van der Waals surface area contributed by atoms with Crippen molar-refractivity contribution in [2.45, 2.75) is 45.9 Å². The number of hydrogen-bond donors (Lipinski definition) is 2. The molecule has 1 heterocycles. The van der Waals surface area contributed by atoms with Crippen molar-refractivity contribution in [2.75, 3.05) is 0 Å². The van der Waals surface area contributed by atoms with Crippen molar-refractivity contribution >= 4 is 5.91 Å². The maximum Gasteiger partial charge on any atom is 0.240 e. The first-order valence-electron chi connectivity index (χ1n) is 5.74. The van der Waals surface area contributed by atoms with Gasteiger partial charge in [-0.25, -0.2) is 0 Å². The molecule has 0 saturated carbocycles. The largest absolute Gasteiger partial charge is 0.392 e. The zero-order valence-corrected chi connectivity index (χ0v) is 9.94. The Labute approximate surface area is 96.3 Å². The van der Waals surface area contributed by atoms with Gasteiger partial charge in [0.05, 0.1) is 6.61 Å². The Kier molecular flexibility index (Phi) is 5.05. The summed E-state index contributed by atoms with van der Waals surface area (Å²) in [6.45, 7) is 4.46. The molecule has 4 heteroatoms. The van der Waals surface area contributed by atoms with Crippen molar-refractivity contribution < 1.29 is 9.90 Å². The molecule has 0 radical (unpaired) electrons. The highest BCUT2D eigenvalue weighted by Crippen LogP contribution is 2.01. The van der Waals surface area contributed by atoms with E-state index in [9.17, 15) is 4.79 Å². The molecule has 2 N–H and O–H groups in total. The van der Waals surface area contributed by atoms with Crippen molar-refractivity contribution in [3.63, 3.8) is 0 Å². The number of amides is 1. The predicted molar refractivity (Wildman–Crippen MR) is 62.9 cm³/mol. The maximum absolute atomic E-state index is 11.6. The summed E-state index contributed by atoms with van der Waals surface area (Å²) in [4.78, 5) is 11.6. The first kappa shape index (κ1) is 12.8. The van der Waals surface area contributed by atoms with Crippen molar-refractivity contribution in [3.05, 3.63) is 24.0 Å². The van der Waals surface area contributed by atoms with Gasteiger partial charge in [-0.2, -0.15) is 0 Å². The molecule has 0 saturated heterocycles. The van der Waals surface area contributed by atoms with Crippen LogP contribution in [-0.2, 0) is 17.9 Å². The van der Waals surface area contributed by atoms with Crippen LogP contribution < -0.4 is 5.32 Å². The van der Waals surface area contributed by atoms with E-state index in [1.807, 2.05) is 6.07 Å². The molecule has 0 aromatic carbocycles. The molecule has 0 bridgehead atoms. The monoisotopic (exact) mass is 224 g/mol. The van der Waals surface area contributed by atoms with E-state index in [0.29, 0.717) is 6.54 Å². The Morgan fingerprint density at radius 2 is 2.19 bits per heavy atom. The van der Waals surface area contributed by atoms with Crippen LogP contribution in [0.1, 0.15) is 32.3 Å². The van der Waals surface area contributed by atoms with Crippen LogP contribution in [-0.4, -0.2) is 21.6 Å². The Morgan fingerprint density at radius 3 is 2.69 bits per heavy atom. The number of hydrogen-bond acceptors (Lipinski definition) is 2. The molecule has 0 fully saturated rings. The van der Waals surface area contributed by atoms with Crippen molar-refractivity contribution in [1.29, 1.82) is 0 Å². The van der Waals surface area contributed by atoms with Gasteiger partial charge in [-0.3, -0.25) is 4.79 Å². The summed E-state index contributed by atoms with van der Waals surface area (Å²) in [5, 5.41) is 11.9. The van der Waals surface area contributed by atoms with E-state index in [4.69, 9.17) is 5.11 Å². The van der Waals surface area contributed by atoms with Crippen LogP contribution in [0.15, 0.2) is 18.5 Å². The number of aliphatic hydroxyl groups excluding tert-OH is 1. The van der Waals surface area contributed by atoms with E-state index in [0.717, 1.165) is 18.4 Å². The number of carbonyl (C=O) groups is 1. The highest BCUT2D eigenvalue weighted by Gasteiger charge is 2.08. The van der Waals surface area contributed by atoms with Gasteiger partial charge >= 0.3 is 0 Å². The highest BCUT2D eigenvalue weighted by atomic mass is 16.3. The lowest BCUT2D eigenvalue weighted by molar-refractivity contribution is -0.122. The second-order valence-electron chi connectivity index (χ2n) is 3.93. The van der Waals surface area contributed by atoms with Crippen LogP contribution in [0.4, 0.5) is 0 Å². The SMILES string of the molecule is CCC(CC)NC(=O)Cn1ccc(CO)c1. The molecule has 1 rings (SSSR count). The predicted octanol–water partition coefficient (Wildman–Crippen LogP) is 1.29. The third kappa shape index (κ3) is 3.70. The number of nitrogens with one attached hydrogen (secondary N) is 1. The maximum atomic E-state index is 11.6. The zero-order chi connectivity index (χ0) is 12.0. The quantitative estimate of drug-likeness (QED) is 0.765. The van der Waals surface area contributed by atoms with Gasteiger partial charge in [-0.1, -0.05) is 13.8 Å². The second kappa shape index (κ2) is 6.33. The van der Waals surface area contributed by atoms with Crippen LogP contribution in [0.25, 0.3) is 0 Å². The first-order valence-corrected chi connectivity index (χ1v) is 5.74. The lowest BCUT2D eigenvalue weighted by Gasteiger charge is -2.14. The number of rotatable bonds is 6. The Hall–Kier alpha value is -1.29. The average Bonchev–Trinajstić information content (AvgIpc) is 2.73. The summed E-state index contributed by atoms with van der Waals surface area (Å²) in [5.74, 6) is 0.0220. The van der Waals surface area contributed by atoms with E-state index in [2.05, 4.69) is 19.2 Å². The molecule has 0 aliphatic carbocycles. The summed E-state index contributed by atoms with van der Waals surface area (Å²) < 4.78 is 1.78. The molecule has 16 heavy (non-hydrogen) atoms. The molecular formula is C12H20N2O2. The minimum atomic E-state index is 0.0150. The molecule has 0 atom stereocenters. The molecule has 1 aromatic rings. The molecule has 1 aromatic heterocycles.